The van der Waals surface area contributed by atoms with Gasteiger partial charge in [-0.1, -0.05) is 32.0 Å². The van der Waals surface area contributed by atoms with Crippen molar-refractivity contribution in [3.05, 3.63) is 54.1 Å². The molecule has 1 N–H and O–H groups in total. The Balaban J connectivity index is 2.11. The molecule has 112 valence electrons. The Labute approximate surface area is 126 Å². The van der Waals surface area contributed by atoms with E-state index in [1.54, 1.807) is 0 Å². The van der Waals surface area contributed by atoms with Crippen molar-refractivity contribution in [2.75, 3.05) is 6.61 Å². The highest BCUT2D eigenvalue weighted by Gasteiger charge is 2.11. The van der Waals surface area contributed by atoms with Crippen LogP contribution < -0.4 is 9.47 Å². The monoisotopic (exact) mass is 286 g/mol. The number of hydrogen-bond donors (Lipinski definition) is 1. The number of hydrogen-bond acceptors (Lipinski definition) is 3. The molecule has 0 unspecified atom stereocenters. The van der Waals surface area contributed by atoms with Gasteiger partial charge in [0.2, 0.25) is 0 Å². The van der Waals surface area contributed by atoms with Crippen LogP contribution in [0.2, 0.25) is 0 Å². The Morgan fingerprint density at radius 2 is 1.62 bits per heavy atom. The molecular formula is C18H22O3. The van der Waals surface area contributed by atoms with Crippen molar-refractivity contribution < 1.29 is 14.6 Å². The first-order valence-electron chi connectivity index (χ1n) is 7.42. The van der Waals surface area contributed by atoms with E-state index in [1.807, 2.05) is 55.5 Å². The fraction of sp³-hybridized carbons (Fsp3) is 0.333. The van der Waals surface area contributed by atoms with Crippen molar-refractivity contribution in [1.82, 2.24) is 0 Å². The Morgan fingerprint density at radius 3 is 2.29 bits per heavy atom. The summed E-state index contributed by atoms with van der Waals surface area (Å²) in [4.78, 5) is 0. The minimum Gasteiger partial charge on any atom is -0.494 e. The van der Waals surface area contributed by atoms with Crippen LogP contribution >= 0.6 is 0 Å². The second-order valence-electron chi connectivity index (χ2n) is 4.88. The maximum atomic E-state index is 10.0. The number of aliphatic hydroxyl groups excluding tert-OH is 1. The third-order valence-electron chi connectivity index (χ3n) is 3.19. The largest absolute Gasteiger partial charge is 0.494 e. The number of benzene rings is 2. The van der Waals surface area contributed by atoms with Gasteiger partial charge in [0, 0.05) is 5.56 Å². The van der Waals surface area contributed by atoms with E-state index in [9.17, 15) is 5.11 Å². The highest BCUT2D eigenvalue weighted by Crippen LogP contribution is 2.31. The topological polar surface area (TPSA) is 38.7 Å². The van der Waals surface area contributed by atoms with Gasteiger partial charge in [0.1, 0.15) is 17.2 Å². The predicted octanol–water partition coefficient (Wildman–Crippen LogP) is 4.71. The molecular weight excluding hydrogens is 264 g/mol. The van der Waals surface area contributed by atoms with Gasteiger partial charge >= 0.3 is 0 Å². The van der Waals surface area contributed by atoms with Crippen LogP contribution in [-0.2, 0) is 0 Å². The first kappa shape index (κ1) is 15.4. The van der Waals surface area contributed by atoms with E-state index in [2.05, 4.69) is 6.92 Å². The van der Waals surface area contributed by atoms with E-state index in [0.29, 0.717) is 18.8 Å². The molecule has 0 spiro atoms. The summed E-state index contributed by atoms with van der Waals surface area (Å²) in [5, 5.41) is 10.0. The molecule has 0 aliphatic carbocycles. The number of ether oxygens (including phenoxy) is 2. The van der Waals surface area contributed by atoms with Crippen molar-refractivity contribution >= 4 is 0 Å². The molecule has 1 atom stereocenters. The van der Waals surface area contributed by atoms with Crippen molar-refractivity contribution in [2.24, 2.45) is 0 Å². The van der Waals surface area contributed by atoms with Gasteiger partial charge < -0.3 is 14.6 Å². The molecule has 2 rings (SSSR count). The van der Waals surface area contributed by atoms with Gasteiger partial charge in [0.15, 0.2) is 0 Å². The van der Waals surface area contributed by atoms with Gasteiger partial charge in [-0.05, 0) is 43.2 Å². The van der Waals surface area contributed by atoms with Crippen LogP contribution in [0.4, 0.5) is 0 Å². The van der Waals surface area contributed by atoms with Crippen LogP contribution in [0.15, 0.2) is 48.5 Å². The lowest BCUT2D eigenvalue weighted by atomic mass is 10.1. The molecule has 0 amide bonds. The average Bonchev–Trinajstić information content (AvgIpc) is 2.54. The quantitative estimate of drug-likeness (QED) is 0.801. The highest BCUT2D eigenvalue weighted by atomic mass is 16.5. The van der Waals surface area contributed by atoms with Gasteiger partial charge in [-0.3, -0.25) is 0 Å². The average molecular weight is 286 g/mol. The summed E-state index contributed by atoms with van der Waals surface area (Å²) in [6.07, 6.45) is 1.14. The Morgan fingerprint density at radius 1 is 0.952 bits per heavy atom. The summed E-state index contributed by atoms with van der Waals surface area (Å²) in [7, 11) is 0. The smallest absolute Gasteiger partial charge is 0.133 e. The fourth-order valence-electron chi connectivity index (χ4n) is 2.02. The van der Waals surface area contributed by atoms with E-state index in [1.165, 1.54) is 0 Å². The minimum absolute atomic E-state index is 0.506. The second-order valence-corrected chi connectivity index (χ2v) is 4.88. The SMILES string of the molecule is CCCOc1ccc(Oc2ccccc2[C@@H](O)CC)cc1. The summed E-state index contributed by atoms with van der Waals surface area (Å²) >= 11 is 0. The van der Waals surface area contributed by atoms with E-state index >= 15 is 0 Å². The van der Waals surface area contributed by atoms with Crippen LogP contribution in [0.3, 0.4) is 0 Å². The summed E-state index contributed by atoms with van der Waals surface area (Å²) < 4.78 is 11.4. The molecule has 2 aromatic carbocycles. The van der Waals surface area contributed by atoms with Crippen molar-refractivity contribution in [3.8, 4) is 17.2 Å². The van der Waals surface area contributed by atoms with Crippen LogP contribution in [-0.4, -0.2) is 11.7 Å². The zero-order valence-electron chi connectivity index (χ0n) is 12.6. The fourth-order valence-corrected chi connectivity index (χ4v) is 2.02. The summed E-state index contributed by atoms with van der Waals surface area (Å²) in [5.41, 5.74) is 0.811. The van der Waals surface area contributed by atoms with Crippen molar-refractivity contribution in [2.45, 2.75) is 32.8 Å². The molecule has 3 nitrogen and oxygen atoms in total. The predicted molar refractivity (Wildman–Crippen MR) is 84.0 cm³/mol. The van der Waals surface area contributed by atoms with Crippen LogP contribution in [0.1, 0.15) is 38.4 Å². The molecule has 0 saturated carbocycles. The van der Waals surface area contributed by atoms with Crippen molar-refractivity contribution in [1.29, 1.82) is 0 Å². The summed E-state index contributed by atoms with van der Waals surface area (Å²) in [6, 6.07) is 15.1. The third kappa shape index (κ3) is 4.23. The molecule has 0 aromatic heterocycles. The molecule has 0 aliphatic rings. The molecule has 0 radical (unpaired) electrons. The Bertz CT molecular complexity index is 549. The van der Waals surface area contributed by atoms with Gasteiger partial charge in [0.25, 0.3) is 0 Å². The molecule has 21 heavy (non-hydrogen) atoms. The maximum absolute atomic E-state index is 10.0. The number of para-hydroxylation sites is 1. The minimum atomic E-state index is -0.506. The van der Waals surface area contributed by atoms with E-state index in [4.69, 9.17) is 9.47 Å². The first-order chi connectivity index (χ1) is 10.2. The Kier molecular flexibility index (Phi) is 5.64. The molecule has 0 fully saturated rings. The molecule has 0 heterocycles. The third-order valence-corrected chi connectivity index (χ3v) is 3.19. The maximum Gasteiger partial charge on any atom is 0.133 e. The summed E-state index contributed by atoms with van der Waals surface area (Å²) in [5.74, 6) is 2.26. The lowest BCUT2D eigenvalue weighted by Gasteiger charge is -2.15. The second kappa shape index (κ2) is 7.70. The lowest BCUT2D eigenvalue weighted by molar-refractivity contribution is 0.170. The molecule has 0 bridgehead atoms. The molecule has 0 aliphatic heterocycles. The number of aliphatic hydroxyl groups is 1. The zero-order valence-corrected chi connectivity index (χ0v) is 12.6. The van der Waals surface area contributed by atoms with Gasteiger partial charge in [-0.15, -0.1) is 0 Å². The van der Waals surface area contributed by atoms with Gasteiger partial charge in [0.05, 0.1) is 12.7 Å². The normalized spacial score (nSPS) is 12.0. The zero-order chi connectivity index (χ0) is 15.1. The number of rotatable bonds is 7. The lowest BCUT2D eigenvalue weighted by Crippen LogP contribution is -1.98. The summed E-state index contributed by atoms with van der Waals surface area (Å²) in [6.45, 7) is 4.74. The molecule has 0 saturated heterocycles. The first-order valence-corrected chi connectivity index (χ1v) is 7.42. The van der Waals surface area contributed by atoms with Gasteiger partial charge in [-0.25, -0.2) is 0 Å². The highest BCUT2D eigenvalue weighted by molar-refractivity contribution is 5.40. The van der Waals surface area contributed by atoms with Crippen LogP contribution in [0, 0.1) is 0 Å². The van der Waals surface area contributed by atoms with Crippen LogP contribution in [0.25, 0.3) is 0 Å². The van der Waals surface area contributed by atoms with E-state index in [-0.39, 0.29) is 0 Å². The van der Waals surface area contributed by atoms with E-state index < -0.39 is 6.10 Å². The molecule has 2 aromatic rings. The van der Waals surface area contributed by atoms with E-state index in [0.717, 1.165) is 23.5 Å². The van der Waals surface area contributed by atoms with Crippen LogP contribution in [0.5, 0.6) is 17.2 Å². The standard InChI is InChI=1S/C18H22O3/c1-3-13-20-14-9-11-15(12-10-14)21-18-8-6-5-7-16(18)17(19)4-2/h5-12,17,19H,3-4,13H2,1-2H3/t17-/m0/s1. The Hall–Kier alpha value is -2.00. The van der Waals surface area contributed by atoms with Crippen molar-refractivity contribution in [3.63, 3.8) is 0 Å². The molecule has 3 heteroatoms. The van der Waals surface area contributed by atoms with Gasteiger partial charge in [-0.2, -0.15) is 0 Å².